The number of fused-ring (bicyclic) bond motifs is 1. The molecule has 0 saturated heterocycles. The number of esters is 1. The van der Waals surface area contributed by atoms with E-state index in [1.54, 1.807) is 6.92 Å². The fraction of sp³-hybridized carbons (Fsp3) is 0.185. The summed E-state index contributed by atoms with van der Waals surface area (Å²) in [5.74, 6) is -3.02. The Kier molecular flexibility index (Phi) is 7.00. The van der Waals surface area contributed by atoms with Crippen LogP contribution >= 0.6 is 0 Å². The number of ether oxygens (including phenoxy) is 3. The average molecular weight is 498 g/mol. The summed E-state index contributed by atoms with van der Waals surface area (Å²) in [7, 11) is 0. The molecule has 0 spiro atoms. The number of carbonyl (C=O) groups is 1. The molecule has 1 aromatic heterocycles. The van der Waals surface area contributed by atoms with Crippen molar-refractivity contribution in [2.24, 2.45) is 0 Å². The molecule has 0 unspecified atom stereocenters. The maximum absolute atomic E-state index is 13.8. The number of halogens is 3. The molecule has 0 saturated carbocycles. The molecular formula is C27H21F3O6. The van der Waals surface area contributed by atoms with E-state index in [2.05, 4.69) is 0 Å². The van der Waals surface area contributed by atoms with Crippen LogP contribution in [-0.4, -0.2) is 12.6 Å². The minimum Gasteiger partial charge on any atom is -0.489 e. The molecule has 6 nitrogen and oxygen atoms in total. The first-order valence-electron chi connectivity index (χ1n) is 11.0. The third-order valence-corrected chi connectivity index (χ3v) is 5.32. The highest BCUT2D eigenvalue weighted by molar-refractivity contribution is 5.89. The Morgan fingerprint density at radius 1 is 0.972 bits per heavy atom. The second-order valence-electron chi connectivity index (χ2n) is 7.81. The van der Waals surface area contributed by atoms with E-state index in [4.69, 9.17) is 18.6 Å². The molecule has 0 amide bonds. The Hall–Kier alpha value is -4.27. The molecule has 4 rings (SSSR count). The topological polar surface area (TPSA) is 75.0 Å². The van der Waals surface area contributed by atoms with E-state index in [0.29, 0.717) is 0 Å². The molecule has 36 heavy (non-hydrogen) atoms. The van der Waals surface area contributed by atoms with Gasteiger partial charge in [-0.1, -0.05) is 24.3 Å². The molecule has 3 aromatic carbocycles. The molecule has 4 aromatic rings. The van der Waals surface area contributed by atoms with Crippen LogP contribution in [0.1, 0.15) is 34.2 Å². The number of benzene rings is 3. The van der Waals surface area contributed by atoms with Crippen molar-refractivity contribution in [3.8, 4) is 17.2 Å². The zero-order valence-corrected chi connectivity index (χ0v) is 19.3. The third-order valence-electron chi connectivity index (χ3n) is 5.32. The minimum atomic E-state index is -5.01. The maximum Gasteiger partial charge on any atom is 0.453 e. The lowest BCUT2D eigenvalue weighted by Crippen LogP contribution is -2.15. The lowest BCUT2D eigenvalue weighted by atomic mass is 10.1. The van der Waals surface area contributed by atoms with Crippen LogP contribution < -0.4 is 14.9 Å². The van der Waals surface area contributed by atoms with Gasteiger partial charge in [0.25, 0.3) is 5.76 Å². The van der Waals surface area contributed by atoms with Gasteiger partial charge in [-0.3, -0.25) is 4.79 Å². The summed E-state index contributed by atoms with van der Waals surface area (Å²) in [6, 6.07) is 16.7. The van der Waals surface area contributed by atoms with E-state index >= 15 is 0 Å². The van der Waals surface area contributed by atoms with Crippen molar-refractivity contribution in [3.05, 3.63) is 99.4 Å². The number of hydrogen-bond acceptors (Lipinski definition) is 6. The van der Waals surface area contributed by atoms with Crippen LogP contribution in [0.25, 0.3) is 11.0 Å². The summed E-state index contributed by atoms with van der Waals surface area (Å²) in [6.45, 7) is 3.92. The Balaban J connectivity index is 1.67. The Bertz CT molecular complexity index is 1460. The normalized spacial score (nSPS) is 11.4. The summed E-state index contributed by atoms with van der Waals surface area (Å²) in [5, 5.41) is -0.107. The molecule has 0 aliphatic carbocycles. The number of aryl methyl sites for hydroxylation is 1. The van der Waals surface area contributed by atoms with Crippen molar-refractivity contribution < 1.29 is 36.6 Å². The monoisotopic (exact) mass is 498 g/mol. The molecule has 0 N–H and O–H groups in total. The number of hydrogen-bond donors (Lipinski definition) is 0. The molecule has 0 fully saturated rings. The summed E-state index contributed by atoms with van der Waals surface area (Å²) in [4.78, 5) is 24.8. The average Bonchev–Trinajstić information content (AvgIpc) is 2.85. The van der Waals surface area contributed by atoms with Gasteiger partial charge >= 0.3 is 12.1 Å². The van der Waals surface area contributed by atoms with Crippen LogP contribution in [0.3, 0.4) is 0 Å². The van der Waals surface area contributed by atoms with Gasteiger partial charge in [-0.25, -0.2) is 4.79 Å². The van der Waals surface area contributed by atoms with Crippen LogP contribution in [-0.2, 0) is 17.5 Å². The highest BCUT2D eigenvalue weighted by Crippen LogP contribution is 2.38. The van der Waals surface area contributed by atoms with Crippen molar-refractivity contribution in [1.29, 1.82) is 0 Å². The molecular weight excluding hydrogens is 477 g/mol. The summed E-state index contributed by atoms with van der Waals surface area (Å²) < 4.78 is 62.5. The zero-order valence-electron chi connectivity index (χ0n) is 19.3. The van der Waals surface area contributed by atoms with Crippen LogP contribution in [0.4, 0.5) is 13.2 Å². The van der Waals surface area contributed by atoms with E-state index < -0.39 is 29.1 Å². The van der Waals surface area contributed by atoms with E-state index in [1.807, 2.05) is 31.2 Å². The van der Waals surface area contributed by atoms with Gasteiger partial charge in [0.15, 0.2) is 0 Å². The van der Waals surface area contributed by atoms with E-state index in [9.17, 15) is 22.8 Å². The SMILES string of the molecule is CCOC(=O)c1ccc(Oc2c(C(F)(F)F)oc3cc(OCc4ccccc4C)ccc3c2=O)cc1. The third kappa shape index (κ3) is 5.35. The van der Waals surface area contributed by atoms with Crippen LogP contribution in [0, 0.1) is 6.92 Å². The first-order valence-corrected chi connectivity index (χ1v) is 11.0. The number of alkyl halides is 3. The largest absolute Gasteiger partial charge is 0.489 e. The zero-order chi connectivity index (χ0) is 25.9. The molecule has 1 heterocycles. The molecule has 0 bridgehead atoms. The number of rotatable bonds is 7. The van der Waals surface area contributed by atoms with Crippen molar-refractivity contribution in [2.45, 2.75) is 26.6 Å². The van der Waals surface area contributed by atoms with Gasteiger partial charge in [0, 0.05) is 6.07 Å². The van der Waals surface area contributed by atoms with Gasteiger partial charge in [-0.15, -0.1) is 0 Å². The van der Waals surface area contributed by atoms with Gasteiger partial charge in [0.05, 0.1) is 17.6 Å². The second kappa shape index (κ2) is 10.2. The second-order valence-corrected chi connectivity index (χ2v) is 7.81. The van der Waals surface area contributed by atoms with Gasteiger partial charge in [0.1, 0.15) is 23.7 Å². The van der Waals surface area contributed by atoms with Crippen LogP contribution in [0.2, 0.25) is 0 Å². The quantitative estimate of drug-likeness (QED) is 0.265. The van der Waals surface area contributed by atoms with Crippen LogP contribution in [0.5, 0.6) is 17.2 Å². The predicted octanol–water partition coefficient (Wildman–Crippen LogP) is 6.67. The van der Waals surface area contributed by atoms with Crippen molar-refractivity contribution in [3.63, 3.8) is 0 Å². The van der Waals surface area contributed by atoms with Crippen molar-refractivity contribution in [2.75, 3.05) is 6.61 Å². The predicted molar refractivity (Wildman–Crippen MR) is 125 cm³/mol. The molecule has 0 aliphatic rings. The standard InChI is InChI=1S/C27H21F3O6/c1-3-33-26(32)17-8-10-19(11-9-17)35-24-23(31)21-13-12-20(14-22(21)36-25(24)27(28,29)30)34-15-18-7-5-4-6-16(18)2/h4-14H,3,15H2,1-2H3. The fourth-order valence-corrected chi connectivity index (χ4v) is 3.45. The summed E-state index contributed by atoms with van der Waals surface area (Å²) >= 11 is 0. The van der Waals surface area contributed by atoms with E-state index in [1.165, 1.54) is 42.5 Å². The van der Waals surface area contributed by atoms with Crippen molar-refractivity contribution in [1.82, 2.24) is 0 Å². The summed E-state index contributed by atoms with van der Waals surface area (Å²) in [5.41, 5.74) is 0.807. The van der Waals surface area contributed by atoms with Crippen molar-refractivity contribution >= 4 is 16.9 Å². The number of carbonyl (C=O) groups excluding carboxylic acids is 1. The molecule has 9 heteroatoms. The Morgan fingerprint density at radius 2 is 1.67 bits per heavy atom. The highest BCUT2D eigenvalue weighted by Gasteiger charge is 2.40. The van der Waals surface area contributed by atoms with E-state index in [0.717, 1.165) is 11.1 Å². The molecule has 0 radical (unpaired) electrons. The van der Waals surface area contributed by atoms with Crippen LogP contribution in [0.15, 0.2) is 75.9 Å². The maximum atomic E-state index is 13.8. The van der Waals surface area contributed by atoms with E-state index in [-0.39, 0.29) is 41.2 Å². The van der Waals surface area contributed by atoms with Gasteiger partial charge < -0.3 is 18.6 Å². The van der Waals surface area contributed by atoms with Gasteiger partial charge in [-0.2, -0.15) is 13.2 Å². The molecule has 0 atom stereocenters. The molecule has 0 aliphatic heterocycles. The van der Waals surface area contributed by atoms with Gasteiger partial charge in [0.2, 0.25) is 11.2 Å². The Morgan fingerprint density at radius 3 is 2.33 bits per heavy atom. The minimum absolute atomic E-state index is 0.0848. The first-order chi connectivity index (χ1) is 17.2. The Labute approximate surface area is 203 Å². The lowest BCUT2D eigenvalue weighted by Gasteiger charge is -2.14. The fourth-order valence-electron chi connectivity index (χ4n) is 3.45. The van der Waals surface area contributed by atoms with Gasteiger partial charge in [-0.05, 0) is 61.4 Å². The lowest BCUT2D eigenvalue weighted by molar-refractivity contribution is -0.154. The molecule has 186 valence electrons. The summed E-state index contributed by atoms with van der Waals surface area (Å²) in [6.07, 6.45) is -5.01. The highest BCUT2D eigenvalue weighted by atomic mass is 19.4. The smallest absolute Gasteiger partial charge is 0.453 e. The first kappa shape index (κ1) is 24.8.